The van der Waals surface area contributed by atoms with Crippen molar-refractivity contribution >= 4 is 17.5 Å². The normalized spacial score (nSPS) is 12.2. The minimum absolute atomic E-state index is 0.0888. The number of halogens is 1. The second-order valence-electron chi connectivity index (χ2n) is 9.07. The van der Waals surface area contributed by atoms with Crippen LogP contribution < -0.4 is 14.8 Å². The standard InChI is InChI=1S/C28H32ClNO3/c1-6-32-26-16-9-21(27(31)30-19(2)20-7-12-24(29)13-8-20)17-22(26)18-33-25-14-10-23(11-15-25)28(3,4)5/h7-17,19H,6,18H2,1-5H3,(H,30,31)/t19-/m0/s1. The Morgan fingerprint density at radius 1 is 0.970 bits per heavy atom. The van der Waals surface area contributed by atoms with E-state index >= 15 is 0 Å². The fraction of sp³-hybridized carbons (Fsp3) is 0.321. The molecule has 1 N–H and O–H groups in total. The van der Waals surface area contributed by atoms with Crippen LogP contribution in [0.5, 0.6) is 11.5 Å². The quantitative estimate of drug-likeness (QED) is 0.385. The first-order chi connectivity index (χ1) is 15.7. The summed E-state index contributed by atoms with van der Waals surface area (Å²) in [6.07, 6.45) is 0. The molecular weight excluding hydrogens is 434 g/mol. The molecule has 0 saturated heterocycles. The van der Waals surface area contributed by atoms with Gasteiger partial charge in [0.15, 0.2) is 0 Å². The summed E-state index contributed by atoms with van der Waals surface area (Å²) in [5.41, 5.74) is 3.70. The van der Waals surface area contributed by atoms with Crippen LogP contribution in [-0.2, 0) is 12.0 Å². The van der Waals surface area contributed by atoms with Gasteiger partial charge in [-0.1, -0.05) is 56.6 Å². The molecule has 33 heavy (non-hydrogen) atoms. The maximum absolute atomic E-state index is 12.9. The number of rotatable bonds is 8. The molecule has 0 fully saturated rings. The Balaban J connectivity index is 1.73. The zero-order valence-corrected chi connectivity index (χ0v) is 20.7. The summed E-state index contributed by atoms with van der Waals surface area (Å²) >= 11 is 5.97. The highest BCUT2D eigenvalue weighted by atomic mass is 35.5. The van der Waals surface area contributed by atoms with Crippen LogP contribution in [0.2, 0.25) is 5.02 Å². The topological polar surface area (TPSA) is 47.6 Å². The summed E-state index contributed by atoms with van der Waals surface area (Å²) in [6.45, 7) is 11.3. The first-order valence-electron chi connectivity index (χ1n) is 11.2. The molecule has 0 aliphatic heterocycles. The lowest BCUT2D eigenvalue weighted by Crippen LogP contribution is -2.26. The van der Waals surface area contributed by atoms with Crippen molar-refractivity contribution in [2.45, 2.75) is 52.7 Å². The first kappa shape index (κ1) is 24.7. The molecule has 174 valence electrons. The molecule has 5 heteroatoms. The summed E-state index contributed by atoms with van der Waals surface area (Å²) < 4.78 is 11.8. The summed E-state index contributed by atoms with van der Waals surface area (Å²) in [7, 11) is 0. The van der Waals surface area contributed by atoms with E-state index in [1.54, 1.807) is 6.07 Å². The van der Waals surface area contributed by atoms with Crippen LogP contribution >= 0.6 is 11.6 Å². The molecule has 1 amide bonds. The van der Waals surface area contributed by atoms with Crippen LogP contribution in [0.4, 0.5) is 0 Å². The van der Waals surface area contributed by atoms with E-state index in [0.29, 0.717) is 29.5 Å². The molecule has 0 aliphatic carbocycles. The second-order valence-corrected chi connectivity index (χ2v) is 9.50. The molecule has 4 nitrogen and oxygen atoms in total. The number of hydrogen-bond donors (Lipinski definition) is 1. The van der Waals surface area contributed by atoms with Gasteiger partial charge >= 0.3 is 0 Å². The smallest absolute Gasteiger partial charge is 0.251 e. The van der Waals surface area contributed by atoms with Gasteiger partial charge < -0.3 is 14.8 Å². The molecule has 3 aromatic carbocycles. The third-order valence-electron chi connectivity index (χ3n) is 5.45. The summed E-state index contributed by atoms with van der Waals surface area (Å²) in [5.74, 6) is 1.33. The minimum atomic E-state index is -0.156. The van der Waals surface area contributed by atoms with E-state index in [9.17, 15) is 4.79 Å². The zero-order chi connectivity index (χ0) is 24.0. The molecule has 0 aromatic heterocycles. The minimum Gasteiger partial charge on any atom is -0.493 e. The number of benzene rings is 3. The molecule has 0 bridgehead atoms. The van der Waals surface area contributed by atoms with Crippen LogP contribution in [0, 0.1) is 0 Å². The van der Waals surface area contributed by atoms with E-state index < -0.39 is 0 Å². The molecular formula is C28H32ClNO3. The fourth-order valence-corrected chi connectivity index (χ4v) is 3.58. The van der Waals surface area contributed by atoms with Gasteiger partial charge in [0, 0.05) is 16.1 Å². The summed E-state index contributed by atoms with van der Waals surface area (Å²) in [5, 5.41) is 3.71. The Bertz CT molecular complexity index is 1070. The Morgan fingerprint density at radius 3 is 2.24 bits per heavy atom. The fourth-order valence-electron chi connectivity index (χ4n) is 3.46. The third-order valence-corrected chi connectivity index (χ3v) is 5.71. The number of carbonyl (C=O) groups is 1. The van der Waals surface area contributed by atoms with Crippen molar-refractivity contribution in [2.75, 3.05) is 6.61 Å². The van der Waals surface area contributed by atoms with E-state index in [-0.39, 0.29) is 17.4 Å². The van der Waals surface area contributed by atoms with Crippen molar-refractivity contribution in [3.63, 3.8) is 0 Å². The van der Waals surface area contributed by atoms with Crippen LogP contribution in [0.3, 0.4) is 0 Å². The van der Waals surface area contributed by atoms with Crippen LogP contribution in [0.25, 0.3) is 0 Å². The Labute approximate surface area is 201 Å². The van der Waals surface area contributed by atoms with Gasteiger partial charge in [-0.2, -0.15) is 0 Å². The zero-order valence-electron chi connectivity index (χ0n) is 19.9. The Kier molecular flexibility index (Phi) is 8.04. The maximum Gasteiger partial charge on any atom is 0.251 e. The second kappa shape index (κ2) is 10.8. The van der Waals surface area contributed by atoms with Gasteiger partial charge in [0.25, 0.3) is 5.91 Å². The Hall–Kier alpha value is -2.98. The van der Waals surface area contributed by atoms with Gasteiger partial charge in [0.2, 0.25) is 0 Å². The van der Waals surface area contributed by atoms with Gasteiger partial charge in [-0.15, -0.1) is 0 Å². The molecule has 0 saturated carbocycles. The number of nitrogens with one attached hydrogen (secondary N) is 1. The van der Waals surface area contributed by atoms with Gasteiger partial charge in [0.1, 0.15) is 18.1 Å². The molecule has 0 heterocycles. The predicted octanol–water partition coefficient (Wildman–Crippen LogP) is 7.11. The SMILES string of the molecule is CCOc1ccc(C(=O)N[C@@H](C)c2ccc(Cl)cc2)cc1COc1ccc(C(C)(C)C)cc1. The summed E-state index contributed by atoms with van der Waals surface area (Å²) in [4.78, 5) is 12.9. The first-order valence-corrected chi connectivity index (χ1v) is 11.6. The summed E-state index contributed by atoms with van der Waals surface area (Å²) in [6, 6.07) is 20.9. The predicted molar refractivity (Wildman–Crippen MR) is 134 cm³/mol. The number of amides is 1. The average molecular weight is 466 g/mol. The van der Waals surface area contributed by atoms with E-state index in [4.69, 9.17) is 21.1 Å². The molecule has 0 unspecified atom stereocenters. The van der Waals surface area contributed by atoms with Crippen molar-refractivity contribution in [2.24, 2.45) is 0 Å². The van der Waals surface area contributed by atoms with Crippen molar-refractivity contribution in [1.82, 2.24) is 5.32 Å². The Morgan fingerprint density at radius 2 is 1.64 bits per heavy atom. The molecule has 1 atom stereocenters. The highest BCUT2D eigenvalue weighted by molar-refractivity contribution is 6.30. The molecule has 0 radical (unpaired) electrons. The average Bonchev–Trinajstić information content (AvgIpc) is 2.78. The lowest BCUT2D eigenvalue weighted by molar-refractivity contribution is 0.0939. The highest BCUT2D eigenvalue weighted by Gasteiger charge is 2.16. The number of carbonyl (C=O) groups excluding carboxylic acids is 1. The van der Waals surface area contributed by atoms with Crippen molar-refractivity contribution in [3.8, 4) is 11.5 Å². The van der Waals surface area contributed by atoms with Gasteiger partial charge in [-0.05, 0) is 72.9 Å². The van der Waals surface area contributed by atoms with E-state index in [1.807, 2.05) is 62.4 Å². The third kappa shape index (κ3) is 6.75. The lowest BCUT2D eigenvalue weighted by Gasteiger charge is -2.19. The number of ether oxygens (including phenoxy) is 2. The van der Waals surface area contributed by atoms with E-state index in [1.165, 1.54) is 5.56 Å². The maximum atomic E-state index is 12.9. The van der Waals surface area contributed by atoms with Gasteiger partial charge in [-0.25, -0.2) is 0 Å². The van der Waals surface area contributed by atoms with E-state index in [0.717, 1.165) is 16.9 Å². The van der Waals surface area contributed by atoms with Crippen LogP contribution in [-0.4, -0.2) is 12.5 Å². The van der Waals surface area contributed by atoms with E-state index in [2.05, 4.69) is 38.2 Å². The lowest BCUT2D eigenvalue weighted by atomic mass is 9.87. The monoisotopic (exact) mass is 465 g/mol. The highest BCUT2D eigenvalue weighted by Crippen LogP contribution is 2.26. The molecule has 3 rings (SSSR count). The molecule has 0 aliphatic rings. The van der Waals surface area contributed by atoms with Crippen LogP contribution in [0.1, 0.15) is 67.7 Å². The largest absolute Gasteiger partial charge is 0.493 e. The molecule has 0 spiro atoms. The van der Waals surface area contributed by atoms with Crippen molar-refractivity contribution in [3.05, 3.63) is 94.0 Å². The van der Waals surface area contributed by atoms with Gasteiger partial charge in [-0.3, -0.25) is 4.79 Å². The number of hydrogen-bond acceptors (Lipinski definition) is 3. The molecule has 3 aromatic rings. The van der Waals surface area contributed by atoms with Crippen LogP contribution in [0.15, 0.2) is 66.7 Å². The van der Waals surface area contributed by atoms with Crippen molar-refractivity contribution in [1.29, 1.82) is 0 Å². The van der Waals surface area contributed by atoms with Crippen molar-refractivity contribution < 1.29 is 14.3 Å². The van der Waals surface area contributed by atoms with Gasteiger partial charge in [0.05, 0.1) is 12.6 Å².